The number of sulfonamides is 1. The molecule has 0 saturated carbocycles. The number of hydrogen-bond donors (Lipinski definition) is 2. The molecular weight excluding hydrogens is 302 g/mol. The lowest BCUT2D eigenvalue weighted by atomic mass is 10.2. The van der Waals surface area contributed by atoms with E-state index in [4.69, 9.17) is 11.6 Å². The number of hydrogen-bond acceptors (Lipinski definition) is 4. The van der Waals surface area contributed by atoms with Gasteiger partial charge in [-0.1, -0.05) is 11.6 Å². The highest BCUT2D eigenvalue weighted by molar-refractivity contribution is 7.89. The van der Waals surface area contributed by atoms with Crippen molar-refractivity contribution >= 4 is 33.2 Å². The predicted molar refractivity (Wildman–Crippen MR) is 75.4 cm³/mol. The first-order chi connectivity index (χ1) is 9.48. The Kier molecular flexibility index (Phi) is 3.45. The zero-order valence-electron chi connectivity index (χ0n) is 10.6. The zero-order valence-corrected chi connectivity index (χ0v) is 12.2. The summed E-state index contributed by atoms with van der Waals surface area (Å²) in [5.74, 6) is -0.146. The summed E-state index contributed by atoms with van der Waals surface area (Å²) in [6.07, 6.45) is 0.191. The molecule has 3 rings (SSSR count). The van der Waals surface area contributed by atoms with Gasteiger partial charge in [0.05, 0.1) is 11.4 Å². The van der Waals surface area contributed by atoms with Crippen LogP contribution in [0.15, 0.2) is 17.0 Å². The van der Waals surface area contributed by atoms with Crippen molar-refractivity contribution < 1.29 is 13.2 Å². The highest BCUT2D eigenvalue weighted by atomic mass is 35.5. The number of nitrogens with one attached hydrogen (secondary N) is 2. The number of fused-ring (bicyclic) bond motifs is 1. The highest BCUT2D eigenvalue weighted by Crippen LogP contribution is 2.33. The second-order valence-corrected chi connectivity index (χ2v) is 7.13. The van der Waals surface area contributed by atoms with Crippen LogP contribution in [0.1, 0.15) is 5.56 Å². The van der Waals surface area contributed by atoms with E-state index in [1.807, 2.05) is 0 Å². The maximum Gasteiger partial charge on any atom is 0.244 e. The predicted octanol–water partition coefficient (Wildman–Crippen LogP) is 0.428. The van der Waals surface area contributed by atoms with E-state index >= 15 is 0 Å². The zero-order chi connectivity index (χ0) is 14.3. The first kappa shape index (κ1) is 13.8. The lowest BCUT2D eigenvalue weighted by molar-refractivity contribution is -0.115. The van der Waals surface area contributed by atoms with Crippen molar-refractivity contribution in [2.75, 3.05) is 31.5 Å². The Morgan fingerprint density at radius 1 is 1.20 bits per heavy atom. The van der Waals surface area contributed by atoms with Crippen LogP contribution in [0, 0.1) is 0 Å². The number of nitrogens with zero attached hydrogens (tertiary/aromatic N) is 1. The second-order valence-electron chi connectivity index (χ2n) is 4.82. The van der Waals surface area contributed by atoms with Crippen LogP contribution in [-0.2, 0) is 21.2 Å². The molecule has 0 bridgehead atoms. The van der Waals surface area contributed by atoms with E-state index in [1.165, 1.54) is 16.4 Å². The minimum atomic E-state index is -3.61. The van der Waals surface area contributed by atoms with Crippen molar-refractivity contribution in [3.63, 3.8) is 0 Å². The molecule has 1 saturated heterocycles. The monoisotopic (exact) mass is 315 g/mol. The van der Waals surface area contributed by atoms with E-state index in [1.54, 1.807) is 0 Å². The summed E-state index contributed by atoms with van der Waals surface area (Å²) >= 11 is 6.09. The Labute approximate surface area is 122 Å². The summed E-state index contributed by atoms with van der Waals surface area (Å²) in [5, 5.41) is 5.90. The molecule has 1 aromatic carbocycles. The minimum Gasteiger partial charge on any atom is -0.325 e. The number of piperazine rings is 1. The van der Waals surface area contributed by atoms with E-state index in [9.17, 15) is 13.2 Å². The van der Waals surface area contributed by atoms with Crippen LogP contribution in [0.25, 0.3) is 0 Å². The van der Waals surface area contributed by atoms with Gasteiger partial charge in [0.2, 0.25) is 15.9 Å². The van der Waals surface area contributed by atoms with Gasteiger partial charge in [0.1, 0.15) is 4.90 Å². The summed E-state index contributed by atoms with van der Waals surface area (Å²) in [6, 6.07) is 3.02. The standard InChI is InChI=1S/C12H14ClN3O3S/c13-9-7-10-8(6-12(17)15-10)5-11(9)20(18,19)16-3-1-14-2-4-16/h5,7,14H,1-4,6H2,(H,15,17). The molecule has 2 aliphatic rings. The molecule has 108 valence electrons. The number of carbonyl (C=O) groups excluding carboxylic acids is 1. The molecule has 0 unspecified atom stereocenters. The molecule has 0 spiro atoms. The van der Waals surface area contributed by atoms with Gasteiger partial charge >= 0.3 is 0 Å². The maximum absolute atomic E-state index is 12.6. The summed E-state index contributed by atoms with van der Waals surface area (Å²) in [6.45, 7) is 2.10. The minimum absolute atomic E-state index is 0.0799. The quantitative estimate of drug-likeness (QED) is 0.829. The largest absolute Gasteiger partial charge is 0.325 e. The average molecular weight is 316 g/mol. The lowest BCUT2D eigenvalue weighted by Gasteiger charge is -2.27. The lowest BCUT2D eigenvalue weighted by Crippen LogP contribution is -2.46. The van der Waals surface area contributed by atoms with Gasteiger partial charge in [0.25, 0.3) is 0 Å². The molecule has 2 aliphatic heterocycles. The Morgan fingerprint density at radius 2 is 1.90 bits per heavy atom. The third kappa shape index (κ3) is 2.31. The molecule has 1 aromatic rings. The second kappa shape index (κ2) is 5.00. The Balaban J connectivity index is 2.01. The van der Waals surface area contributed by atoms with Gasteiger partial charge in [-0.2, -0.15) is 4.31 Å². The molecule has 20 heavy (non-hydrogen) atoms. The first-order valence-electron chi connectivity index (χ1n) is 6.31. The third-order valence-corrected chi connectivity index (χ3v) is 5.84. The van der Waals surface area contributed by atoms with Crippen LogP contribution in [-0.4, -0.2) is 44.8 Å². The van der Waals surface area contributed by atoms with E-state index in [2.05, 4.69) is 10.6 Å². The van der Waals surface area contributed by atoms with Gasteiger partial charge in [-0.15, -0.1) is 0 Å². The van der Waals surface area contributed by atoms with Crippen molar-refractivity contribution in [3.8, 4) is 0 Å². The number of anilines is 1. The first-order valence-corrected chi connectivity index (χ1v) is 8.13. The number of rotatable bonds is 2. The Bertz CT molecular complexity index is 669. The van der Waals surface area contributed by atoms with Crippen molar-refractivity contribution in [1.29, 1.82) is 0 Å². The molecule has 0 radical (unpaired) electrons. The van der Waals surface area contributed by atoms with E-state index in [0.29, 0.717) is 37.4 Å². The summed E-state index contributed by atoms with van der Waals surface area (Å²) in [7, 11) is -3.61. The fraction of sp³-hybridized carbons (Fsp3) is 0.417. The molecule has 1 amide bonds. The summed E-state index contributed by atoms with van der Waals surface area (Å²) in [5.41, 5.74) is 1.27. The summed E-state index contributed by atoms with van der Waals surface area (Å²) < 4.78 is 26.6. The van der Waals surface area contributed by atoms with Gasteiger partial charge < -0.3 is 10.6 Å². The smallest absolute Gasteiger partial charge is 0.244 e. The van der Waals surface area contributed by atoms with Crippen LogP contribution in [0.3, 0.4) is 0 Å². The molecular formula is C12H14ClN3O3S. The number of benzene rings is 1. The van der Waals surface area contributed by atoms with Crippen molar-refractivity contribution in [2.24, 2.45) is 0 Å². The van der Waals surface area contributed by atoms with Crippen molar-refractivity contribution in [2.45, 2.75) is 11.3 Å². The fourth-order valence-electron chi connectivity index (χ4n) is 2.45. The summed E-state index contributed by atoms with van der Waals surface area (Å²) in [4.78, 5) is 11.4. The Morgan fingerprint density at radius 3 is 2.60 bits per heavy atom. The topological polar surface area (TPSA) is 78.5 Å². The van der Waals surface area contributed by atoms with Crippen LogP contribution in [0.5, 0.6) is 0 Å². The van der Waals surface area contributed by atoms with E-state index < -0.39 is 10.0 Å². The van der Waals surface area contributed by atoms with Gasteiger partial charge in [-0.05, 0) is 17.7 Å². The van der Waals surface area contributed by atoms with Gasteiger partial charge in [-0.25, -0.2) is 8.42 Å². The van der Waals surface area contributed by atoms with Crippen molar-refractivity contribution in [3.05, 3.63) is 22.7 Å². The molecule has 8 heteroatoms. The van der Waals surface area contributed by atoms with Gasteiger partial charge in [0.15, 0.2) is 0 Å². The number of amides is 1. The van der Waals surface area contributed by atoms with Gasteiger partial charge in [0, 0.05) is 31.9 Å². The van der Waals surface area contributed by atoms with Crippen molar-refractivity contribution in [1.82, 2.24) is 9.62 Å². The molecule has 6 nitrogen and oxygen atoms in total. The van der Waals surface area contributed by atoms with Crippen LogP contribution < -0.4 is 10.6 Å². The Hall–Kier alpha value is -1.15. The van der Waals surface area contributed by atoms with E-state index in [-0.39, 0.29) is 22.2 Å². The molecule has 1 fully saturated rings. The number of halogens is 1. The number of carbonyl (C=O) groups is 1. The van der Waals surface area contributed by atoms with Crippen LogP contribution >= 0.6 is 11.6 Å². The third-order valence-electron chi connectivity index (χ3n) is 3.48. The van der Waals surface area contributed by atoms with Crippen LogP contribution in [0.2, 0.25) is 5.02 Å². The van der Waals surface area contributed by atoms with Crippen LogP contribution in [0.4, 0.5) is 5.69 Å². The highest BCUT2D eigenvalue weighted by Gasteiger charge is 2.30. The average Bonchev–Trinajstić information content (AvgIpc) is 2.78. The molecule has 0 aromatic heterocycles. The molecule has 0 atom stereocenters. The SMILES string of the molecule is O=C1Cc2cc(S(=O)(=O)N3CCNCC3)c(Cl)cc2N1. The fourth-order valence-corrected chi connectivity index (χ4v) is 4.44. The normalized spacial score (nSPS) is 19.8. The molecule has 2 heterocycles. The molecule has 2 N–H and O–H groups in total. The van der Waals surface area contributed by atoms with Gasteiger partial charge in [-0.3, -0.25) is 4.79 Å². The molecule has 0 aliphatic carbocycles. The maximum atomic E-state index is 12.6. The van der Waals surface area contributed by atoms with E-state index in [0.717, 1.165) is 0 Å².